The fourth-order valence-electron chi connectivity index (χ4n) is 2.50. The lowest BCUT2D eigenvalue weighted by Crippen LogP contribution is -1.89. The minimum absolute atomic E-state index is 1.01. The summed E-state index contributed by atoms with van der Waals surface area (Å²) in [5.41, 5.74) is 4.55. The quantitative estimate of drug-likeness (QED) is 0.143. The number of aryl methyl sites for hydroxylation is 7. The van der Waals surface area contributed by atoms with Gasteiger partial charge in [-0.25, -0.2) is 15.0 Å². The Morgan fingerprint density at radius 3 is 1.13 bits per heavy atom. The van der Waals surface area contributed by atoms with Gasteiger partial charge in [-0.3, -0.25) is 24.3 Å². The van der Waals surface area contributed by atoms with Crippen molar-refractivity contribution in [2.75, 3.05) is 0 Å². The van der Waals surface area contributed by atoms with E-state index in [1.54, 1.807) is 78.5 Å². The van der Waals surface area contributed by atoms with Gasteiger partial charge < -0.3 is 0 Å². The third-order valence-electron chi connectivity index (χ3n) is 4.81. The van der Waals surface area contributed by atoms with Crippen molar-refractivity contribution < 1.29 is 0 Å². The van der Waals surface area contributed by atoms with Crippen LogP contribution in [0.2, 0.25) is 0 Å². The van der Waals surface area contributed by atoms with Crippen LogP contribution in [0.25, 0.3) is 0 Å². The lowest BCUT2D eigenvalue weighted by Gasteiger charge is -1.82. The van der Waals surface area contributed by atoms with Crippen LogP contribution in [0.3, 0.4) is 0 Å². The summed E-state index contributed by atoms with van der Waals surface area (Å²) in [6.45, 7) is 36.0. The van der Waals surface area contributed by atoms with E-state index in [9.17, 15) is 0 Å². The highest BCUT2D eigenvalue weighted by Gasteiger charge is 1.76. The molecule has 0 aliphatic heterocycles. The Kier molecular flexibility index (Phi) is 74.1. The van der Waals surface area contributed by atoms with Crippen LogP contribution in [0.15, 0.2) is 129 Å². The van der Waals surface area contributed by atoms with Crippen LogP contribution in [0.4, 0.5) is 0 Å². The molecule has 14 heteroatoms. The topological polar surface area (TPSA) is 157 Å². The van der Waals surface area contributed by atoms with Crippen LogP contribution in [-0.2, 0) is 21.1 Å². The van der Waals surface area contributed by atoms with Crippen molar-refractivity contribution in [2.24, 2.45) is 21.1 Å². The van der Waals surface area contributed by atoms with E-state index in [1.807, 2.05) is 193 Å². The van der Waals surface area contributed by atoms with E-state index in [4.69, 9.17) is 0 Å². The van der Waals surface area contributed by atoms with E-state index in [-0.39, 0.29) is 0 Å². The first-order valence-corrected chi connectivity index (χ1v) is 21.0. The first kappa shape index (κ1) is 68.6. The summed E-state index contributed by atoms with van der Waals surface area (Å²) >= 11 is 0. The molecular weight excluding hydrogens is 749 g/mol. The van der Waals surface area contributed by atoms with Gasteiger partial charge in [0.15, 0.2) is 0 Å². The second-order valence-corrected chi connectivity index (χ2v) is 9.04. The number of aromatic nitrogens is 14. The van der Waals surface area contributed by atoms with Crippen LogP contribution in [-0.4, -0.2) is 69.7 Å². The van der Waals surface area contributed by atoms with E-state index in [0.29, 0.717) is 0 Å². The van der Waals surface area contributed by atoms with Crippen LogP contribution >= 0.6 is 0 Å². The maximum atomic E-state index is 3.98. The smallest absolute Gasteiger partial charge is 0.137 e. The van der Waals surface area contributed by atoms with Crippen molar-refractivity contribution in [3.8, 4) is 0 Å². The first-order chi connectivity index (χ1) is 29.3. The third-order valence-corrected chi connectivity index (χ3v) is 4.81. The Hall–Kier alpha value is -6.05. The lowest BCUT2D eigenvalue weighted by molar-refractivity contribution is 0.654. The molecule has 0 saturated heterocycles. The molecule has 0 radical (unpaired) electrons. The minimum Gasteiger partial charge on any atom is -0.265 e. The van der Waals surface area contributed by atoms with Gasteiger partial charge in [0.25, 0.3) is 0 Å². The fourth-order valence-corrected chi connectivity index (χ4v) is 2.50. The molecule has 0 fully saturated rings. The molecule has 0 aromatic carbocycles. The van der Waals surface area contributed by atoms with Gasteiger partial charge in [-0.05, 0) is 75.2 Å². The largest absolute Gasteiger partial charge is 0.265 e. The highest BCUT2D eigenvalue weighted by molar-refractivity contribution is 5.06. The molecule has 14 nitrogen and oxygen atoms in total. The van der Waals surface area contributed by atoms with E-state index in [2.05, 4.69) is 55.5 Å². The van der Waals surface area contributed by atoms with E-state index >= 15 is 0 Å². The summed E-state index contributed by atoms with van der Waals surface area (Å²) in [6.07, 6.45) is 22.1. The number of hydrogen-bond acceptors (Lipinski definition) is 11. The molecule has 0 saturated carbocycles. The van der Waals surface area contributed by atoms with Crippen molar-refractivity contribution in [2.45, 2.75) is 125 Å². The van der Waals surface area contributed by atoms with Crippen LogP contribution in [0, 0.1) is 27.7 Å². The highest BCUT2D eigenvalue weighted by Crippen LogP contribution is 1.89. The minimum atomic E-state index is 1.01. The third kappa shape index (κ3) is 61.2. The Labute approximate surface area is 366 Å². The summed E-state index contributed by atoms with van der Waals surface area (Å²) in [4.78, 5) is 24.5. The first-order valence-electron chi connectivity index (χ1n) is 21.0. The van der Waals surface area contributed by atoms with Crippen molar-refractivity contribution >= 4 is 0 Å². The summed E-state index contributed by atoms with van der Waals surface area (Å²) in [5, 5.41) is 18.3. The van der Waals surface area contributed by atoms with Gasteiger partial charge in [0.1, 0.15) is 19.0 Å². The molecule has 7 heterocycles. The molecule has 0 amide bonds. The summed E-state index contributed by atoms with van der Waals surface area (Å²) in [7, 11) is 5.43. The molecule has 0 aliphatic carbocycles. The summed E-state index contributed by atoms with van der Waals surface area (Å²) < 4.78 is 3.28. The van der Waals surface area contributed by atoms with Gasteiger partial charge in [0, 0.05) is 75.9 Å². The molecular formula is C46H84N14. The molecule has 0 bridgehead atoms. The molecule has 338 valence electrons. The van der Waals surface area contributed by atoms with E-state index < -0.39 is 0 Å². The van der Waals surface area contributed by atoms with Crippen molar-refractivity contribution in [1.29, 1.82) is 0 Å². The molecule has 0 unspecified atom stereocenters. The van der Waals surface area contributed by atoms with Gasteiger partial charge in [0.2, 0.25) is 0 Å². The van der Waals surface area contributed by atoms with Gasteiger partial charge in [-0.15, -0.1) is 5.10 Å². The Balaban J connectivity index is -0.000000104. The lowest BCUT2D eigenvalue weighted by atomic mass is 10.3. The maximum absolute atomic E-state index is 3.98. The zero-order valence-corrected chi connectivity index (χ0v) is 41.4. The average molecular weight is 833 g/mol. The zero-order chi connectivity index (χ0) is 47.7. The molecule has 7 aromatic rings. The van der Waals surface area contributed by atoms with Crippen molar-refractivity contribution in [3.63, 3.8) is 0 Å². The molecule has 7 aromatic heterocycles. The van der Waals surface area contributed by atoms with Crippen molar-refractivity contribution in [1.82, 2.24) is 69.7 Å². The van der Waals surface area contributed by atoms with Crippen LogP contribution < -0.4 is 0 Å². The molecule has 0 N–H and O–H groups in total. The molecule has 60 heavy (non-hydrogen) atoms. The second-order valence-electron chi connectivity index (χ2n) is 9.04. The van der Waals surface area contributed by atoms with Gasteiger partial charge in [-0.2, -0.15) is 20.1 Å². The zero-order valence-electron chi connectivity index (χ0n) is 41.4. The average Bonchev–Trinajstić information content (AvgIpc) is 4.14. The number of nitrogens with zero attached hydrogens (tertiary/aromatic N) is 14. The van der Waals surface area contributed by atoms with Crippen LogP contribution in [0.5, 0.6) is 0 Å². The second kappa shape index (κ2) is 64.8. The SMILES string of the molecule is CC.CC.CC.CC.CC.CC.CC.Cc1ccccn1.Cc1cccnc1.Cc1ccncc1.Cc1ccncn1.Cn1ccnn1.Cn1cncn1.Cn1nccn1. The standard InChI is InChI=1S/3C6H7N.C5H6N2.3C3H5N3.7C2H6/c1-6-2-4-7-5-3-6;1-6-3-2-4-7-5-6;1-6-4-2-3-5-7-6;1-5-2-3-6-4-7-5;1-6-3-4-2-5-6;1-6-3-2-4-5-6;1-6-4-2-3-5-6;7*1-2/h3*2-5H,1H3;2-4H,1H3;3*2-3H,1H3;7*1-2H3. The van der Waals surface area contributed by atoms with E-state index in [1.165, 1.54) is 28.6 Å². The van der Waals surface area contributed by atoms with Gasteiger partial charge in [0.05, 0.1) is 18.6 Å². The molecule has 0 atom stereocenters. The maximum Gasteiger partial charge on any atom is 0.137 e. The predicted molar refractivity (Wildman–Crippen MR) is 256 cm³/mol. The van der Waals surface area contributed by atoms with E-state index in [0.717, 1.165) is 11.4 Å². The number of rotatable bonds is 0. The monoisotopic (exact) mass is 833 g/mol. The molecule has 7 rings (SSSR count). The number of hydrogen-bond donors (Lipinski definition) is 0. The fraction of sp³-hybridized carbons (Fsp3) is 0.457. The highest BCUT2D eigenvalue weighted by atomic mass is 15.4. The summed E-state index contributed by atoms with van der Waals surface area (Å²) in [5.74, 6) is 0. The normalized spacial score (nSPS) is 7.42. The molecule has 0 aliphatic rings. The Morgan fingerprint density at radius 1 is 0.400 bits per heavy atom. The van der Waals surface area contributed by atoms with Gasteiger partial charge in [-0.1, -0.05) is 114 Å². The summed E-state index contributed by atoms with van der Waals surface area (Å²) in [6, 6.07) is 15.6. The van der Waals surface area contributed by atoms with Crippen LogP contribution in [0.1, 0.15) is 119 Å². The Morgan fingerprint density at radius 2 is 0.950 bits per heavy atom. The van der Waals surface area contributed by atoms with Crippen molar-refractivity contribution in [3.05, 3.63) is 152 Å². The predicted octanol–water partition coefficient (Wildman–Crippen LogP) is 11.6. The number of pyridine rings is 3. The molecule has 0 spiro atoms. The van der Waals surface area contributed by atoms with Gasteiger partial charge >= 0.3 is 0 Å². The Bertz CT molecular complexity index is 1340.